The van der Waals surface area contributed by atoms with Crippen LogP contribution >= 0.6 is 0 Å². The van der Waals surface area contributed by atoms with E-state index in [0.29, 0.717) is 32.9 Å². The Morgan fingerprint density at radius 1 is 1.19 bits per heavy atom. The first kappa shape index (κ1) is 19.8. The molecule has 0 aliphatic carbocycles. The monoisotopic (exact) mass is 359 g/mol. The fourth-order valence-corrected chi connectivity index (χ4v) is 2.35. The summed E-state index contributed by atoms with van der Waals surface area (Å²) in [6.07, 6.45) is 1.74. The van der Waals surface area contributed by atoms with Gasteiger partial charge < -0.3 is 20.1 Å². The SMILES string of the molecule is CCNC(=NCc1ccc(C)cc1OCCOCC)NCc1ccn[nH]1. The van der Waals surface area contributed by atoms with E-state index < -0.39 is 0 Å². The Labute approximate surface area is 155 Å². The maximum absolute atomic E-state index is 5.88. The number of hydrogen-bond donors (Lipinski definition) is 3. The highest BCUT2D eigenvalue weighted by Gasteiger charge is 2.06. The van der Waals surface area contributed by atoms with Gasteiger partial charge in [-0.05, 0) is 38.5 Å². The van der Waals surface area contributed by atoms with Gasteiger partial charge in [0.2, 0.25) is 0 Å². The van der Waals surface area contributed by atoms with Crippen LogP contribution in [0.2, 0.25) is 0 Å². The minimum Gasteiger partial charge on any atom is -0.491 e. The number of aryl methyl sites for hydroxylation is 1. The van der Waals surface area contributed by atoms with Crippen LogP contribution in [0, 0.1) is 6.92 Å². The third-order valence-corrected chi connectivity index (χ3v) is 3.67. The number of hydrogen-bond acceptors (Lipinski definition) is 4. The number of aliphatic imine (C=N–C) groups is 1. The summed E-state index contributed by atoms with van der Waals surface area (Å²) in [6, 6.07) is 8.11. The summed E-state index contributed by atoms with van der Waals surface area (Å²) in [5.74, 6) is 1.61. The Balaban J connectivity index is 1.99. The van der Waals surface area contributed by atoms with Gasteiger partial charge >= 0.3 is 0 Å². The molecule has 2 aromatic rings. The highest BCUT2D eigenvalue weighted by atomic mass is 16.5. The zero-order valence-corrected chi connectivity index (χ0v) is 15.8. The predicted molar refractivity (Wildman–Crippen MR) is 103 cm³/mol. The van der Waals surface area contributed by atoms with Gasteiger partial charge in [0.05, 0.1) is 25.4 Å². The maximum Gasteiger partial charge on any atom is 0.191 e. The first-order valence-corrected chi connectivity index (χ1v) is 9.03. The van der Waals surface area contributed by atoms with Gasteiger partial charge in [-0.1, -0.05) is 12.1 Å². The van der Waals surface area contributed by atoms with Crippen molar-refractivity contribution in [3.63, 3.8) is 0 Å². The molecule has 0 aliphatic heterocycles. The van der Waals surface area contributed by atoms with Gasteiger partial charge in [-0.15, -0.1) is 0 Å². The third-order valence-electron chi connectivity index (χ3n) is 3.67. The first-order chi connectivity index (χ1) is 12.7. The van der Waals surface area contributed by atoms with Crippen LogP contribution in [-0.2, 0) is 17.8 Å². The summed E-state index contributed by atoms with van der Waals surface area (Å²) in [6.45, 7) is 9.85. The average molecular weight is 359 g/mol. The van der Waals surface area contributed by atoms with E-state index in [4.69, 9.17) is 9.47 Å². The Morgan fingerprint density at radius 3 is 2.81 bits per heavy atom. The van der Waals surface area contributed by atoms with E-state index in [0.717, 1.165) is 35.1 Å². The van der Waals surface area contributed by atoms with Crippen LogP contribution in [-0.4, -0.2) is 42.5 Å². The fourth-order valence-electron chi connectivity index (χ4n) is 2.35. The molecule has 0 fully saturated rings. The highest BCUT2D eigenvalue weighted by molar-refractivity contribution is 5.79. The third kappa shape index (κ3) is 6.76. The number of nitrogens with one attached hydrogen (secondary N) is 3. The van der Waals surface area contributed by atoms with Crippen LogP contribution < -0.4 is 15.4 Å². The molecule has 0 amide bonds. The molecule has 7 nitrogen and oxygen atoms in total. The smallest absolute Gasteiger partial charge is 0.191 e. The summed E-state index contributed by atoms with van der Waals surface area (Å²) in [5, 5.41) is 13.4. The molecule has 1 heterocycles. The molecule has 1 aromatic carbocycles. The lowest BCUT2D eigenvalue weighted by molar-refractivity contribution is 0.110. The molecule has 7 heteroatoms. The lowest BCUT2D eigenvalue weighted by atomic mass is 10.1. The molecule has 0 unspecified atom stereocenters. The second kappa shape index (κ2) is 11.1. The number of benzene rings is 1. The summed E-state index contributed by atoms with van der Waals surface area (Å²) in [7, 11) is 0. The second-order valence-electron chi connectivity index (χ2n) is 5.79. The van der Waals surface area contributed by atoms with E-state index in [1.807, 2.05) is 26.0 Å². The van der Waals surface area contributed by atoms with E-state index >= 15 is 0 Å². The molecular formula is C19H29N5O2. The minimum atomic E-state index is 0.530. The van der Waals surface area contributed by atoms with Crippen LogP contribution in [0.15, 0.2) is 35.5 Å². The average Bonchev–Trinajstić information content (AvgIpc) is 3.16. The van der Waals surface area contributed by atoms with Gasteiger partial charge in [0.1, 0.15) is 12.4 Å². The Kier molecular flexibility index (Phi) is 8.48. The molecule has 0 saturated carbocycles. The normalized spacial score (nSPS) is 11.4. The predicted octanol–water partition coefficient (Wildman–Crippen LogP) is 2.39. The van der Waals surface area contributed by atoms with Gasteiger partial charge in [-0.2, -0.15) is 5.10 Å². The van der Waals surface area contributed by atoms with Crippen LogP contribution in [0.5, 0.6) is 5.75 Å². The first-order valence-electron chi connectivity index (χ1n) is 9.03. The second-order valence-corrected chi connectivity index (χ2v) is 5.79. The van der Waals surface area contributed by atoms with E-state index in [1.165, 1.54) is 0 Å². The number of nitrogens with zero attached hydrogens (tertiary/aromatic N) is 2. The molecule has 0 saturated heterocycles. The molecule has 142 valence electrons. The molecule has 1 aromatic heterocycles. The van der Waals surface area contributed by atoms with Crippen LogP contribution in [0.3, 0.4) is 0 Å². The summed E-state index contributed by atoms with van der Waals surface area (Å²) in [4.78, 5) is 4.67. The molecule has 0 aliphatic rings. The van der Waals surface area contributed by atoms with Crippen LogP contribution in [0.25, 0.3) is 0 Å². The minimum absolute atomic E-state index is 0.530. The molecule has 3 N–H and O–H groups in total. The zero-order valence-electron chi connectivity index (χ0n) is 15.8. The van der Waals surface area contributed by atoms with Crippen molar-refractivity contribution in [3.05, 3.63) is 47.3 Å². The van der Waals surface area contributed by atoms with Gasteiger partial charge in [0.15, 0.2) is 5.96 Å². The quantitative estimate of drug-likeness (QED) is 0.345. The molecule has 26 heavy (non-hydrogen) atoms. The van der Waals surface area contributed by atoms with Crippen molar-refractivity contribution in [1.29, 1.82) is 0 Å². The van der Waals surface area contributed by atoms with Gasteiger partial charge in [-0.3, -0.25) is 5.10 Å². The van der Waals surface area contributed by atoms with E-state index in [1.54, 1.807) is 6.20 Å². The number of aromatic nitrogens is 2. The standard InChI is InChI=1S/C19H29N5O2/c1-4-20-19(22-14-17-8-9-23-24-17)21-13-16-7-6-15(3)12-18(16)26-11-10-25-5-2/h6-9,12H,4-5,10-11,13-14H2,1-3H3,(H,23,24)(H2,20,21,22). The summed E-state index contributed by atoms with van der Waals surface area (Å²) < 4.78 is 11.2. The zero-order chi connectivity index (χ0) is 18.6. The van der Waals surface area contributed by atoms with E-state index in [2.05, 4.69) is 44.9 Å². The largest absolute Gasteiger partial charge is 0.491 e. The molecule has 2 rings (SSSR count). The molecule has 0 spiro atoms. The van der Waals surface area contributed by atoms with Crippen molar-refractivity contribution in [2.45, 2.75) is 33.9 Å². The maximum atomic E-state index is 5.88. The van der Waals surface area contributed by atoms with E-state index in [9.17, 15) is 0 Å². The van der Waals surface area contributed by atoms with Crippen molar-refractivity contribution in [3.8, 4) is 5.75 Å². The fraction of sp³-hybridized carbons (Fsp3) is 0.474. The van der Waals surface area contributed by atoms with Crippen LogP contribution in [0.4, 0.5) is 0 Å². The Bertz CT molecular complexity index is 671. The van der Waals surface area contributed by atoms with Crippen molar-refractivity contribution in [1.82, 2.24) is 20.8 Å². The summed E-state index contributed by atoms with van der Waals surface area (Å²) >= 11 is 0. The van der Waals surface area contributed by atoms with Crippen molar-refractivity contribution in [2.24, 2.45) is 4.99 Å². The number of H-pyrrole nitrogens is 1. The Morgan fingerprint density at radius 2 is 2.08 bits per heavy atom. The lowest BCUT2D eigenvalue weighted by Gasteiger charge is -2.13. The van der Waals surface area contributed by atoms with Gasteiger partial charge in [-0.25, -0.2) is 4.99 Å². The number of aromatic amines is 1. The molecule has 0 bridgehead atoms. The number of rotatable bonds is 10. The molecule has 0 atom stereocenters. The van der Waals surface area contributed by atoms with Crippen molar-refractivity contribution < 1.29 is 9.47 Å². The van der Waals surface area contributed by atoms with Gasteiger partial charge in [0, 0.05) is 24.9 Å². The van der Waals surface area contributed by atoms with E-state index in [-0.39, 0.29) is 0 Å². The molecular weight excluding hydrogens is 330 g/mol. The van der Waals surface area contributed by atoms with Crippen molar-refractivity contribution in [2.75, 3.05) is 26.4 Å². The lowest BCUT2D eigenvalue weighted by Crippen LogP contribution is -2.36. The Hall–Kier alpha value is -2.54. The summed E-state index contributed by atoms with van der Waals surface area (Å²) in [5.41, 5.74) is 3.21. The number of guanidine groups is 1. The van der Waals surface area contributed by atoms with Crippen molar-refractivity contribution >= 4 is 5.96 Å². The topological polar surface area (TPSA) is 83.6 Å². The highest BCUT2D eigenvalue weighted by Crippen LogP contribution is 2.21. The van der Waals surface area contributed by atoms with Gasteiger partial charge in [0.25, 0.3) is 0 Å². The number of ether oxygens (including phenoxy) is 2. The molecule has 0 radical (unpaired) electrons. The van der Waals surface area contributed by atoms with Crippen LogP contribution in [0.1, 0.15) is 30.7 Å².